The third kappa shape index (κ3) is 3.24. The van der Waals surface area contributed by atoms with E-state index in [1.54, 1.807) is 12.3 Å². The Morgan fingerprint density at radius 1 is 1.04 bits per heavy atom. The number of fused-ring (bicyclic) bond motifs is 1. The fourth-order valence-corrected chi connectivity index (χ4v) is 3.23. The predicted molar refractivity (Wildman–Crippen MR) is 102 cm³/mol. The molecule has 1 N–H and O–H groups in total. The highest BCUT2D eigenvalue weighted by atomic mass is 35.5. The van der Waals surface area contributed by atoms with E-state index in [0.29, 0.717) is 15.8 Å². The van der Waals surface area contributed by atoms with Crippen molar-refractivity contribution in [1.29, 1.82) is 0 Å². The fourth-order valence-electron chi connectivity index (χ4n) is 2.58. The van der Waals surface area contributed by atoms with Crippen LogP contribution in [0.3, 0.4) is 0 Å². The number of carbonyl (C=O) groups excluding carboxylic acids is 1. The van der Waals surface area contributed by atoms with Crippen LogP contribution in [-0.4, -0.2) is 15.9 Å². The summed E-state index contributed by atoms with van der Waals surface area (Å²) in [5.74, 6) is -0.275. The first-order chi connectivity index (χ1) is 12.2. The second kappa shape index (κ2) is 6.63. The number of hydrogen-bond acceptors (Lipinski definition) is 4. The summed E-state index contributed by atoms with van der Waals surface area (Å²) >= 11 is 7.35. The van der Waals surface area contributed by atoms with Gasteiger partial charge in [-0.15, -0.1) is 11.3 Å². The zero-order valence-electron chi connectivity index (χ0n) is 12.9. The van der Waals surface area contributed by atoms with E-state index in [1.807, 2.05) is 53.9 Å². The van der Waals surface area contributed by atoms with E-state index < -0.39 is 0 Å². The summed E-state index contributed by atoms with van der Waals surface area (Å²) in [6.07, 6.45) is 1.65. The number of aromatic nitrogens is 2. The number of thiazole rings is 1. The molecule has 0 unspecified atom stereocenters. The van der Waals surface area contributed by atoms with Gasteiger partial charge in [0.25, 0.3) is 5.91 Å². The van der Waals surface area contributed by atoms with Gasteiger partial charge in [-0.05, 0) is 23.8 Å². The van der Waals surface area contributed by atoms with Crippen LogP contribution >= 0.6 is 22.9 Å². The van der Waals surface area contributed by atoms with Gasteiger partial charge in [0.15, 0.2) is 5.13 Å². The van der Waals surface area contributed by atoms with E-state index in [-0.39, 0.29) is 5.91 Å². The van der Waals surface area contributed by atoms with E-state index in [0.717, 1.165) is 22.0 Å². The van der Waals surface area contributed by atoms with E-state index in [4.69, 9.17) is 11.6 Å². The Balaban J connectivity index is 1.77. The number of anilines is 1. The van der Waals surface area contributed by atoms with Crippen LogP contribution in [0.2, 0.25) is 5.02 Å². The largest absolute Gasteiger partial charge is 0.296 e. The van der Waals surface area contributed by atoms with E-state index >= 15 is 0 Å². The van der Waals surface area contributed by atoms with Crippen LogP contribution in [-0.2, 0) is 0 Å². The maximum absolute atomic E-state index is 12.4. The predicted octanol–water partition coefficient (Wildman–Crippen LogP) is 5.26. The summed E-state index contributed by atoms with van der Waals surface area (Å²) < 4.78 is 0. The minimum Gasteiger partial charge on any atom is -0.296 e. The van der Waals surface area contributed by atoms with E-state index in [9.17, 15) is 4.79 Å². The van der Waals surface area contributed by atoms with Crippen LogP contribution in [0.25, 0.3) is 22.0 Å². The van der Waals surface area contributed by atoms with Gasteiger partial charge in [-0.3, -0.25) is 10.1 Å². The number of benzene rings is 2. The van der Waals surface area contributed by atoms with Crippen molar-refractivity contribution in [2.45, 2.75) is 0 Å². The molecule has 0 atom stereocenters. The topological polar surface area (TPSA) is 54.9 Å². The Morgan fingerprint density at radius 2 is 1.88 bits per heavy atom. The lowest BCUT2D eigenvalue weighted by Crippen LogP contribution is -2.13. The average molecular weight is 366 g/mol. The summed E-state index contributed by atoms with van der Waals surface area (Å²) in [5.41, 5.74) is 3.08. The summed E-state index contributed by atoms with van der Waals surface area (Å²) in [6.45, 7) is 0. The number of carbonyl (C=O) groups is 1. The average Bonchev–Trinajstić information content (AvgIpc) is 3.14. The highest BCUT2D eigenvalue weighted by Crippen LogP contribution is 2.28. The second-order valence-electron chi connectivity index (χ2n) is 5.37. The number of amides is 1. The summed E-state index contributed by atoms with van der Waals surface area (Å²) in [5, 5.41) is 6.77. The molecule has 4 nitrogen and oxygen atoms in total. The maximum atomic E-state index is 12.4. The Bertz CT molecular complexity index is 1050. The zero-order valence-corrected chi connectivity index (χ0v) is 14.5. The standard InChI is InChI=1S/C19H12ClN3OS/c20-14-7-4-12(5-8-14)15-3-1-2-13-6-9-16(22-17(13)15)18(24)23-19-21-10-11-25-19/h1-11H,(H,21,23,24). The zero-order chi connectivity index (χ0) is 17.2. The molecule has 4 rings (SSSR count). The molecule has 0 radical (unpaired) electrons. The first-order valence-electron chi connectivity index (χ1n) is 7.57. The highest BCUT2D eigenvalue weighted by Gasteiger charge is 2.12. The Hall–Kier alpha value is -2.76. The monoisotopic (exact) mass is 365 g/mol. The summed E-state index contributed by atoms with van der Waals surface area (Å²) in [4.78, 5) is 21.1. The molecule has 0 aliphatic heterocycles. The van der Waals surface area contributed by atoms with Gasteiger partial charge in [-0.2, -0.15) is 0 Å². The lowest BCUT2D eigenvalue weighted by atomic mass is 10.0. The van der Waals surface area contributed by atoms with Crippen LogP contribution in [0.15, 0.2) is 66.2 Å². The van der Waals surface area contributed by atoms with Gasteiger partial charge in [-0.25, -0.2) is 9.97 Å². The fraction of sp³-hybridized carbons (Fsp3) is 0. The Labute approximate surface area is 153 Å². The van der Waals surface area contributed by atoms with Crippen LogP contribution in [0, 0.1) is 0 Å². The first-order valence-corrected chi connectivity index (χ1v) is 8.83. The minimum atomic E-state index is -0.275. The van der Waals surface area contributed by atoms with Gasteiger partial charge in [-0.1, -0.05) is 48.0 Å². The lowest BCUT2D eigenvalue weighted by Gasteiger charge is -2.08. The molecular weight excluding hydrogens is 354 g/mol. The van der Waals surface area contributed by atoms with Crippen LogP contribution in [0.1, 0.15) is 10.5 Å². The maximum Gasteiger partial charge on any atom is 0.276 e. The van der Waals surface area contributed by atoms with Crippen molar-refractivity contribution < 1.29 is 4.79 Å². The van der Waals surface area contributed by atoms with Crippen molar-refractivity contribution in [3.05, 3.63) is 76.9 Å². The number of para-hydroxylation sites is 1. The van der Waals surface area contributed by atoms with E-state index in [1.165, 1.54) is 11.3 Å². The summed E-state index contributed by atoms with van der Waals surface area (Å²) in [7, 11) is 0. The molecule has 0 bridgehead atoms. The number of nitrogens with one attached hydrogen (secondary N) is 1. The number of pyridine rings is 1. The Morgan fingerprint density at radius 3 is 2.64 bits per heavy atom. The molecule has 0 fully saturated rings. The van der Waals surface area contributed by atoms with Gasteiger partial charge in [0.05, 0.1) is 5.52 Å². The molecule has 0 aliphatic rings. The van der Waals surface area contributed by atoms with E-state index in [2.05, 4.69) is 15.3 Å². The molecule has 25 heavy (non-hydrogen) atoms. The van der Waals surface area contributed by atoms with Crippen molar-refractivity contribution in [2.24, 2.45) is 0 Å². The van der Waals surface area contributed by atoms with Crippen molar-refractivity contribution in [3.8, 4) is 11.1 Å². The second-order valence-corrected chi connectivity index (χ2v) is 6.70. The van der Waals surface area contributed by atoms with Crippen LogP contribution in [0.4, 0.5) is 5.13 Å². The van der Waals surface area contributed by atoms with Gasteiger partial charge in [0, 0.05) is 27.5 Å². The normalized spacial score (nSPS) is 10.8. The third-order valence-electron chi connectivity index (χ3n) is 3.76. The molecule has 2 aromatic heterocycles. The molecule has 0 aliphatic carbocycles. The number of rotatable bonds is 3. The lowest BCUT2D eigenvalue weighted by molar-refractivity contribution is 0.102. The highest BCUT2D eigenvalue weighted by molar-refractivity contribution is 7.13. The number of nitrogens with zero attached hydrogens (tertiary/aromatic N) is 2. The van der Waals surface area contributed by atoms with Gasteiger partial charge in [0.2, 0.25) is 0 Å². The molecular formula is C19H12ClN3OS. The summed E-state index contributed by atoms with van der Waals surface area (Å²) in [6, 6.07) is 17.1. The molecule has 122 valence electrons. The van der Waals surface area contributed by atoms with Crippen LogP contribution < -0.4 is 5.32 Å². The van der Waals surface area contributed by atoms with Crippen LogP contribution in [0.5, 0.6) is 0 Å². The van der Waals surface area contributed by atoms with Crippen molar-refractivity contribution >= 4 is 44.9 Å². The van der Waals surface area contributed by atoms with Gasteiger partial charge < -0.3 is 0 Å². The number of halogens is 1. The molecule has 0 saturated carbocycles. The molecule has 4 aromatic rings. The SMILES string of the molecule is O=C(Nc1nccs1)c1ccc2cccc(-c3ccc(Cl)cc3)c2n1. The molecule has 2 aromatic carbocycles. The molecule has 0 saturated heterocycles. The molecule has 0 spiro atoms. The molecule has 1 amide bonds. The third-order valence-corrected chi connectivity index (χ3v) is 4.70. The van der Waals surface area contributed by atoms with Gasteiger partial charge >= 0.3 is 0 Å². The quantitative estimate of drug-likeness (QED) is 0.538. The van der Waals surface area contributed by atoms with Crippen molar-refractivity contribution in [2.75, 3.05) is 5.32 Å². The Kier molecular flexibility index (Phi) is 4.17. The first kappa shape index (κ1) is 15.7. The van der Waals surface area contributed by atoms with Crippen molar-refractivity contribution in [1.82, 2.24) is 9.97 Å². The van der Waals surface area contributed by atoms with Gasteiger partial charge in [0.1, 0.15) is 5.69 Å². The smallest absolute Gasteiger partial charge is 0.276 e. The molecule has 6 heteroatoms. The minimum absolute atomic E-state index is 0.275. The number of hydrogen-bond donors (Lipinski definition) is 1. The van der Waals surface area contributed by atoms with Crippen molar-refractivity contribution in [3.63, 3.8) is 0 Å². The molecule has 2 heterocycles.